The molecule has 2 N–H and O–H groups in total. The average molecular weight is 310 g/mol. The Bertz CT molecular complexity index is 706. The van der Waals surface area contributed by atoms with Crippen molar-refractivity contribution < 1.29 is 9.53 Å². The van der Waals surface area contributed by atoms with Crippen molar-refractivity contribution in [2.75, 3.05) is 30.8 Å². The Morgan fingerprint density at radius 1 is 1.09 bits per heavy atom. The van der Waals surface area contributed by atoms with Gasteiger partial charge in [-0.05, 0) is 49.6 Å². The third-order valence-electron chi connectivity index (χ3n) is 4.34. The smallest absolute Gasteiger partial charge is 0.196 e. The highest BCUT2D eigenvalue weighted by molar-refractivity contribution is 6.11. The molecule has 1 aliphatic heterocycles. The van der Waals surface area contributed by atoms with Crippen LogP contribution in [0.3, 0.4) is 0 Å². The van der Waals surface area contributed by atoms with Gasteiger partial charge >= 0.3 is 0 Å². The van der Waals surface area contributed by atoms with E-state index in [1.54, 1.807) is 25.3 Å². The van der Waals surface area contributed by atoms with E-state index in [0.717, 1.165) is 18.8 Å². The van der Waals surface area contributed by atoms with Gasteiger partial charge in [-0.15, -0.1) is 0 Å². The van der Waals surface area contributed by atoms with E-state index in [1.165, 1.54) is 19.3 Å². The predicted octanol–water partition coefficient (Wildman–Crippen LogP) is 3.50. The Morgan fingerprint density at radius 2 is 1.83 bits per heavy atom. The fourth-order valence-electron chi connectivity index (χ4n) is 3.11. The van der Waals surface area contributed by atoms with Crippen LogP contribution >= 0.6 is 0 Å². The van der Waals surface area contributed by atoms with Gasteiger partial charge in [0, 0.05) is 18.7 Å². The third kappa shape index (κ3) is 3.16. The quantitative estimate of drug-likeness (QED) is 0.693. The van der Waals surface area contributed by atoms with E-state index >= 15 is 0 Å². The standard InChI is InChI=1S/C19H22N2O2/c1-23-18-8-4-3-7-15(18)19(22)14-9-10-17(16(20)13-14)21-11-5-2-6-12-21/h3-4,7-10,13H,2,5-6,11-12,20H2,1H3. The van der Waals surface area contributed by atoms with Crippen LogP contribution in [0.5, 0.6) is 5.75 Å². The van der Waals surface area contributed by atoms with Gasteiger partial charge in [-0.3, -0.25) is 4.79 Å². The lowest BCUT2D eigenvalue weighted by Gasteiger charge is -2.30. The van der Waals surface area contributed by atoms with Crippen molar-refractivity contribution >= 4 is 17.2 Å². The number of para-hydroxylation sites is 1. The molecule has 0 unspecified atom stereocenters. The molecule has 0 aliphatic carbocycles. The molecule has 2 aromatic carbocycles. The van der Waals surface area contributed by atoms with Crippen LogP contribution in [0.25, 0.3) is 0 Å². The highest BCUT2D eigenvalue weighted by atomic mass is 16.5. The lowest BCUT2D eigenvalue weighted by atomic mass is 10.0. The molecule has 0 spiro atoms. The number of benzene rings is 2. The van der Waals surface area contributed by atoms with Gasteiger partial charge in [-0.1, -0.05) is 12.1 Å². The second-order valence-corrected chi connectivity index (χ2v) is 5.85. The van der Waals surface area contributed by atoms with Gasteiger partial charge in [0.05, 0.1) is 24.0 Å². The van der Waals surface area contributed by atoms with Crippen molar-refractivity contribution in [2.45, 2.75) is 19.3 Å². The number of hydrogen-bond donors (Lipinski definition) is 1. The van der Waals surface area contributed by atoms with Crippen LogP contribution in [-0.4, -0.2) is 26.0 Å². The maximum atomic E-state index is 12.7. The van der Waals surface area contributed by atoms with Crippen LogP contribution < -0.4 is 15.4 Å². The van der Waals surface area contributed by atoms with Gasteiger partial charge in [0.1, 0.15) is 5.75 Å². The lowest BCUT2D eigenvalue weighted by molar-refractivity contribution is 0.103. The van der Waals surface area contributed by atoms with Crippen molar-refractivity contribution in [3.8, 4) is 5.75 Å². The van der Waals surface area contributed by atoms with Crippen LogP contribution in [0, 0.1) is 0 Å². The number of rotatable bonds is 4. The highest BCUT2D eigenvalue weighted by Gasteiger charge is 2.17. The fourth-order valence-corrected chi connectivity index (χ4v) is 3.11. The first-order valence-corrected chi connectivity index (χ1v) is 8.03. The van der Waals surface area contributed by atoms with E-state index in [4.69, 9.17) is 10.5 Å². The maximum absolute atomic E-state index is 12.7. The summed E-state index contributed by atoms with van der Waals surface area (Å²) in [7, 11) is 1.57. The molecule has 4 heteroatoms. The maximum Gasteiger partial charge on any atom is 0.196 e. The van der Waals surface area contributed by atoms with Crippen LogP contribution in [0.2, 0.25) is 0 Å². The molecule has 2 aromatic rings. The largest absolute Gasteiger partial charge is 0.496 e. The first kappa shape index (κ1) is 15.4. The average Bonchev–Trinajstić information content (AvgIpc) is 2.61. The number of carbonyl (C=O) groups is 1. The molecule has 0 saturated carbocycles. The normalized spacial score (nSPS) is 14.6. The van der Waals surface area contributed by atoms with E-state index in [-0.39, 0.29) is 5.78 Å². The van der Waals surface area contributed by atoms with E-state index in [0.29, 0.717) is 22.6 Å². The summed E-state index contributed by atoms with van der Waals surface area (Å²) in [5.41, 5.74) is 9.05. The molecule has 1 heterocycles. The highest BCUT2D eigenvalue weighted by Crippen LogP contribution is 2.29. The molecule has 1 fully saturated rings. The summed E-state index contributed by atoms with van der Waals surface area (Å²) in [6.07, 6.45) is 3.67. The van der Waals surface area contributed by atoms with Crippen molar-refractivity contribution in [2.24, 2.45) is 0 Å². The molecule has 3 rings (SSSR count). The number of piperidine rings is 1. The predicted molar refractivity (Wildman–Crippen MR) is 93.3 cm³/mol. The summed E-state index contributed by atoms with van der Waals surface area (Å²) < 4.78 is 5.28. The molecule has 120 valence electrons. The Labute approximate surface area is 136 Å². The van der Waals surface area contributed by atoms with Crippen molar-refractivity contribution in [3.05, 3.63) is 53.6 Å². The summed E-state index contributed by atoms with van der Waals surface area (Å²) in [6, 6.07) is 12.8. The molecule has 1 aliphatic rings. The van der Waals surface area contributed by atoms with Gasteiger partial charge in [-0.25, -0.2) is 0 Å². The first-order chi connectivity index (χ1) is 11.2. The Morgan fingerprint density at radius 3 is 2.52 bits per heavy atom. The summed E-state index contributed by atoms with van der Waals surface area (Å²) in [4.78, 5) is 15.0. The molecular weight excluding hydrogens is 288 g/mol. The summed E-state index contributed by atoms with van der Waals surface area (Å²) >= 11 is 0. The minimum absolute atomic E-state index is 0.0701. The number of nitrogens with zero attached hydrogens (tertiary/aromatic N) is 1. The minimum Gasteiger partial charge on any atom is -0.496 e. The van der Waals surface area contributed by atoms with Gasteiger partial charge in [-0.2, -0.15) is 0 Å². The van der Waals surface area contributed by atoms with Gasteiger partial charge in [0.25, 0.3) is 0 Å². The first-order valence-electron chi connectivity index (χ1n) is 8.03. The van der Waals surface area contributed by atoms with Gasteiger partial charge in [0.2, 0.25) is 0 Å². The molecular formula is C19H22N2O2. The SMILES string of the molecule is COc1ccccc1C(=O)c1ccc(N2CCCCC2)c(N)c1. The summed E-state index contributed by atoms with van der Waals surface area (Å²) in [5.74, 6) is 0.510. The summed E-state index contributed by atoms with van der Waals surface area (Å²) in [5, 5.41) is 0. The van der Waals surface area contributed by atoms with Crippen LogP contribution in [0.4, 0.5) is 11.4 Å². The van der Waals surface area contributed by atoms with Crippen molar-refractivity contribution in [1.82, 2.24) is 0 Å². The molecule has 0 bridgehead atoms. The molecule has 23 heavy (non-hydrogen) atoms. The number of nitrogen functional groups attached to an aromatic ring is 1. The van der Waals surface area contributed by atoms with Crippen molar-refractivity contribution in [1.29, 1.82) is 0 Å². The zero-order chi connectivity index (χ0) is 16.2. The molecule has 0 atom stereocenters. The second-order valence-electron chi connectivity index (χ2n) is 5.85. The summed E-state index contributed by atoms with van der Waals surface area (Å²) in [6.45, 7) is 2.06. The number of nitrogens with two attached hydrogens (primary N) is 1. The Hall–Kier alpha value is -2.49. The molecule has 4 nitrogen and oxygen atoms in total. The van der Waals surface area contributed by atoms with Gasteiger partial charge < -0.3 is 15.4 Å². The van der Waals surface area contributed by atoms with Gasteiger partial charge in [0.15, 0.2) is 5.78 Å². The number of carbonyl (C=O) groups excluding carboxylic acids is 1. The second kappa shape index (κ2) is 6.73. The van der Waals surface area contributed by atoms with E-state index in [1.807, 2.05) is 24.3 Å². The number of hydrogen-bond acceptors (Lipinski definition) is 4. The third-order valence-corrected chi connectivity index (χ3v) is 4.34. The van der Waals surface area contributed by atoms with Crippen LogP contribution in [0.15, 0.2) is 42.5 Å². The van der Waals surface area contributed by atoms with E-state index < -0.39 is 0 Å². The number of methoxy groups -OCH3 is 1. The minimum atomic E-state index is -0.0701. The molecule has 0 radical (unpaired) electrons. The van der Waals surface area contributed by atoms with E-state index in [2.05, 4.69) is 4.90 Å². The van der Waals surface area contributed by atoms with Crippen LogP contribution in [0.1, 0.15) is 35.2 Å². The molecule has 1 saturated heterocycles. The lowest BCUT2D eigenvalue weighted by Crippen LogP contribution is -2.30. The number of ether oxygens (including phenoxy) is 1. The van der Waals surface area contributed by atoms with E-state index in [9.17, 15) is 4.79 Å². The molecule has 0 aromatic heterocycles. The number of anilines is 2. The topological polar surface area (TPSA) is 55.6 Å². The Balaban J connectivity index is 1.89. The zero-order valence-corrected chi connectivity index (χ0v) is 13.4. The number of ketones is 1. The monoisotopic (exact) mass is 310 g/mol. The Kier molecular flexibility index (Phi) is 4.51. The fraction of sp³-hybridized carbons (Fsp3) is 0.316. The van der Waals surface area contributed by atoms with Crippen molar-refractivity contribution in [3.63, 3.8) is 0 Å². The molecule has 0 amide bonds. The van der Waals surface area contributed by atoms with Crippen LogP contribution in [-0.2, 0) is 0 Å². The zero-order valence-electron chi connectivity index (χ0n) is 13.4.